The summed E-state index contributed by atoms with van der Waals surface area (Å²) in [6.07, 6.45) is 3.47. The van der Waals surface area contributed by atoms with E-state index in [1.54, 1.807) is 0 Å². The number of rotatable bonds is 8. The van der Waals surface area contributed by atoms with E-state index in [2.05, 4.69) is 31.2 Å². The van der Waals surface area contributed by atoms with Crippen LogP contribution in [0.4, 0.5) is 0 Å². The molecule has 1 aromatic carbocycles. The second kappa shape index (κ2) is 8.82. The number of ether oxygens (including phenoxy) is 1. The minimum absolute atomic E-state index is 0.353. The van der Waals surface area contributed by atoms with Crippen molar-refractivity contribution in [2.24, 2.45) is 5.92 Å². The van der Waals surface area contributed by atoms with Crippen molar-refractivity contribution in [1.29, 1.82) is 0 Å². The highest BCUT2D eigenvalue weighted by atomic mass is 32.2. The summed E-state index contributed by atoms with van der Waals surface area (Å²) in [6, 6.07) is 8.69. The average molecular weight is 309 g/mol. The highest BCUT2D eigenvalue weighted by Gasteiger charge is 2.38. The Bertz CT molecular complexity index is 421. The molecular formula is C18H29O2S+. The van der Waals surface area contributed by atoms with E-state index in [-0.39, 0.29) is 0 Å². The Balaban J connectivity index is 1.88. The molecule has 3 unspecified atom stereocenters. The fourth-order valence-corrected chi connectivity index (χ4v) is 6.04. The Hall–Kier alpha value is -0.510. The van der Waals surface area contributed by atoms with Crippen LogP contribution in [0.15, 0.2) is 24.3 Å². The van der Waals surface area contributed by atoms with Crippen LogP contribution >= 0.6 is 0 Å². The topological polar surface area (TPSA) is 29.5 Å². The summed E-state index contributed by atoms with van der Waals surface area (Å²) in [6.45, 7) is 6.31. The van der Waals surface area contributed by atoms with Crippen molar-refractivity contribution < 1.29 is 9.84 Å². The van der Waals surface area contributed by atoms with E-state index in [4.69, 9.17) is 9.84 Å². The van der Waals surface area contributed by atoms with E-state index in [9.17, 15) is 0 Å². The highest BCUT2D eigenvalue weighted by Crippen LogP contribution is 2.30. The molecule has 0 bridgehead atoms. The van der Waals surface area contributed by atoms with Gasteiger partial charge in [-0.3, -0.25) is 0 Å². The molecular weight excluding hydrogens is 280 g/mol. The van der Waals surface area contributed by atoms with Crippen LogP contribution in [-0.4, -0.2) is 35.1 Å². The summed E-state index contributed by atoms with van der Waals surface area (Å²) in [7, 11) is 0.530. The Morgan fingerprint density at radius 2 is 2.05 bits per heavy atom. The first kappa shape index (κ1) is 16.9. The average Bonchev–Trinajstić information content (AvgIpc) is 2.84. The lowest BCUT2D eigenvalue weighted by molar-refractivity contribution is 0.133. The molecule has 1 fully saturated rings. The minimum Gasteiger partial charge on any atom is -0.396 e. The van der Waals surface area contributed by atoms with Crippen molar-refractivity contribution in [3.05, 3.63) is 35.4 Å². The summed E-state index contributed by atoms with van der Waals surface area (Å²) < 4.78 is 5.58. The molecule has 2 nitrogen and oxygen atoms in total. The molecule has 2 rings (SSSR count). The Labute approximate surface area is 132 Å². The largest absolute Gasteiger partial charge is 0.396 e. The standard InChI is InChI=1S/C18H29O2S/c1-3-20-13-18-7-5-4-6-17(18)9-11-21-14-16(8-10-19)12-15(21)2/h4-7,15-16,19H,3,8-14H2,1-2H3/q+1. The molecule has 3 heteroatoms. The van der Waals surface area contributed by atoms with Gasteiger partial charge in [0, 0.05) is 32.0 Å². The smallest absolute Gasteiger partial charge is 0.115 e. The molecule has 0 aromatic heterocycles. The molecule has 0 amide bonds. The van der Waals surface area contributed by atoms with E-state index in [0.717, 1.165) is 30.8 Å². The van der Waals surface area contributed by atoms with E-state index in [1.165, 1.54) is 35.5 Å². The van der Waals surface area contributed by atoms with Crippen molar-refractivity contribution in [3.8, 4) is 0 Å². The van der Waals surface area contributed by atoms with Crippen molar-refractivity contribution in [1.82, 2.24) is 0 Å². The number of hydrogen-bond acceptors (Lipinski definition) is 2. The maximum absolute atomic E-state index is 9.12. The third-order valence-electron chi connectivity index (χ3n) is 4.44. The SMILES string of the molecule is CCOCc1ccccc1CC[S+]1CC(CCO)CC1C. The van der Waals surface area contributed by atoms with Gasteiger partial charge in [0.2, 0.25) is 0 Å². The summed E-state index contributed by atoms with van der Waals surface area (Å²) in [5.74, 6) is 3.38. The molecule has 118 valence electrons. The monoisotopic (exact) mass is 309 g/mol. The van der Waals surface area contributed by atoms with Gasteiger partial charge in [-0.1, -0.05) is 24.3 Å². The number of aliphatic hydroxyl groups excluding tert-OH is 1. The fourth-order valence-electron chi connectivity index (χ4n) is 3.20. The van der Waals surface area contributed by atoms with E-state index < -0.39 is 0 Å². The molecule has 0 spiro atoms. The van der Waals surface area contributed by atoms with Crippen molar-refractivity contribution in [3.63, 3.8) is 0 Å². The molecule has 0 radical (unpaired) electrons. The lowest BCUT2D eigenvalue weighted by Gasteiger charge is -2.11. The van der Waals surface area contributed by atoms with Gasteiger partial charge in [0.25, 0.3) is 0 Å². The van der Waals surface area contributed by atoms with Crippen molar-refractivity contribution in [2.45, 2.75) is 45.0 Å². The van der Waals surface area contributed by atoms with Gasteiger partial charge in [-0.25, -0.2) is 0 Å². The Kier molecular flexibility index (Phi) is 7.08. The molecule has 1 N–H and O–H groups in total. The Morgan fingerprint density at radius 1 is 1.29 bits per heavy atom. The normalized spacial score (nSPS) is 25.4. The van der Waals surface area contributed by atoms with Crippen LogP contribution in [0, 0.1) is 5.92 Å². The fraction of sp³-hybridized carbons (Fsp3) is 0.667. The van der Waals surface area contributed by atoms with Gasteiger partial charge in [-0.2, -0.15) is 0 Å². The second-order valence-corrected chi connectivity index (χ2v) is 8.61. The first-order valence-electron chi connectivity index (χ1n) is 8.16. The lowest BCUT2D eigenvalue weighted by atomic mass is 10.0. The molecule has 0 saturated carbocycles. The summed E-state index contributed by atoms with van der Waals surface area (Å²) in [4.78, 5) is 0. The summed E-state index contributed by atoms with van der Waals surface area (Å²) >= 11 is 0. The zero-order valence-electron chi connectivity index (χ0n) is 13.4. The molecule has 3 atom stereocenters. The zero-order chi connectivity index (χ0) is 15.1. The van der Waals surface area contributed by atoms with Gasteiger partial charge in [0.05, 0.1) is 6.61 Å². The number of aryl methyl sites for hydroxylation is 1. The van der Waals surface area contributed by atoms with Crippen LogP contribution in [0.25, 0.3) is 0 Å². The van der Waals surface area contributed by atoms with Crippen LogP contribution in [0.5, 0.6) is 0 Å². The molecule has 1 aromatic rings. The zero-order valence-corrected chi connectivity index (χ0v) is 14.2. The van der Waals surface area contributed by atoms with Crippen LogP contribution in [0.2, 0.25) is 0 Å². The molecule has 21 heavy (non-hydrogen) atoms. The van der Waals surface area contributed by atoms with Crippen molar-refractivity contribution in [2.75, 3.05) is 24.7 Å². The van der Waals surface area contributed by atoms with Crippen molar-refractivity contribution >= 4 is 10.9 Å². The second-order valence-electron chi connectivity index (χ2n) is 5.99. The minimum atomic E-state index is 0.353. The van der Waals surface area contributed by atoms with Gasteiger partial charge in [-0.15, -0.1) is 0 Å². The van der Waals surface area contributed by atoms with Crippen LogP contribution < -0.4 is 0 Å². The van der Waals surface area contributed by atoms with Crippen LogP contribution in [-0.2, 0) is 28.7 Å². The van der Waals surface area contributed by atoms with E-state index in [0.29, 0.717) is 17.5 Å². The molecule has 1 aliphatic rings. The lowest BCUT2D eigenvalue weighted by Crippen LogP contribution is -2.19. The van der Waals surface area contributed by atoms with Gasteiger partial charge in [0.1, 0.15) is 16.8 Å². The van der Waals surface area contributed by atoms with Gasteiger partial charge in [0.15, 0.2) is 0 Å². The third kappa shape index (κ3) is 5.01. The van der Waals surface area contributed by atoms with Crippen LogP contribution in [0.1, 0.15) is 37.8 Å². The predicted octanol–water partition coefficient (Wildman–Crippen LogP) is 3.17. The van der Waals surface area contributed by atoms with Crippen LogP contribution in [0.3, 0.4) is 0 Å². The first-order chi connectivity index (χ1) is 10.2. The summed E-state index contributed by atoms with van der Waals surface area (Å²) in [5, 5.41) is 9.95. The highest BCUT2D eigenvalue weighted by molar-refractivity contribution is 7.97. The maximum Gasteiger partial charge on any atom is 0.115 e. The maximum atomic E-state index is 9.12. The number of benzene rings is 1. The molecule has 1 saturated heterocycles. The third-order valence-corrected chi connectivity index (χ3v) is 7.39. The van der Waals surface area contributed by atoms with E-state index >= 15 is 0 Å². The van der Waals surface area contributed by atoms with E-state index in [1.807, 2.05) is 6.92 Å². The predicted molar refractivity (Wildman–Crippen MR) is 91.8 cm³/mol. The molecule has 1 heterocycles. The van der Waals surface area contributed by atoms with Gasteiger partial charge < -0.3 is 9.84 Å². The van der Waals surface area contributed by atoms with Gasteiger partial charge in [-0.05, 0) is 42.3 Å². The molecule has 0 aliphatic carbocycles. The van der Waals surface area contributed by atoms with Gasteiger partial charge >= 0.3 is 0 Å². The Morgan fingerprint density at radius 3 is 2.76 bits per heavy atom. The number of hydrogen-bond donors (Lipinski definition) is 1. The summed E-state index contributed by atoms with van der Waals surface area (Å²) in [5.41, 5.74) is 2.80. The quantitative estimate of drug-likeness (QED) is 0.747. The first-order valence-corrected chi connectivity index (χ1v) is 9.78. The molecule has 1 aliphatic heterocycles. The number of aliphatic hydroxyl groups is 1.